The minimum Gasteiger partial charge on any atom is -0.506 e. The molecule has 124 valence electrons. The number of hydrogen-bond acceptors (Lipinski definition) is 4. The molecule has 0 aliphatic heterocycles. The third-order valence-corrected chi connectivity index (χ3v) is 3.51. The number of carbonyl (C=O) groups excluding carboxylic acids is 1. The SMILES string of the molecule is C=C(C)C(=O)NCCc1ccc(O)c(/N=N/c2ccccc2C)c1. The molecule has 0 aliphatic rings. The average Bonchev–Trinajstić information content (AvgIpc) is 2.56. The van der Waals surface area contributed by atoms with Crippen molar-refractivity contribution in [3.05, 3.63) is 65.7 Å². The van der Waals surface area contributed by atoms with E-state index < -0.39 is 0 Å². The van der Waals surface area contributed by atoms with Crippen LogP contribution in [0.3, 0.4) is 0 Å². The number of hydrogen-bond donors (Lipinski definition) is 2. The number of phenolic OH excluding ortho intramolecular Hbond substituents is 1. The van der Waals surface area contributed by atoms with Crippen LogP contribution >= 0.6 is 0 Å². The van der Waals surface area contributed by atoms with Crippen LogP contribution in [0.2, 0.25) is 0 Å². The van der Waals surface area contributed by atoms with Gasteiger partial charge in [-0.05, 0) is 49.6 Å². The van der Waals surface area contributed by atoms with Crippen molar-refractivity contribution < 1.29 is 9.90 Å². The van der Waals surface area contributed by atoms with Crippen molar-refractivity contribution in [2.75, 3.05) is 6.54 Å². The van der Waals surface area contributed by atoms with Gasteiger partial charge in [0.05, 0.1) is 5.69 Å². The predicted molar refractivity (Wildman–Crippen MR) is 95.0 cm³/mol. The second-order valence-corrected chi connectivity index (χ2v) is 5.60. The molecular formula is C19H21N3O2. The maximum absolute atomic E-state index is 11.5. The minimum absolute atomic E-state index is 0.0713. The van der Waals surface area contributed by atoms with Gasteiger partial charge in [0, 0.05) is 12.1 Å². The van der Waals surface area contributed by atoms with Gasteiger partial charge < -0.3 is 10.4 Å². The van der Waals surface area contributed by atoms with E-state index in [1.54, 1.807) is 25.1 Å². The number of rotatable bonds is 6. The molecular weight excluding hydrogens is 302 g/mol. The molecule has 0 aromatic heterocycles. The Morgan fingerprint density at radius 3 is 2.58 bits per heavy atom. The fraction of sp³-hybridized carbons (Fsp3) is 0.211. The van der Waals surface area contributed by atoms with Gasteiger partial charge in [-0.25, -0.2) is 0 Å². The highest BCUT2D eigenvalue weighted by Crippen LogP contribution is 2.30. The molecule has 2 rings (SSSR count). The van der Waals surface area contributed by atoms with Crippen LogP contribution < -0.4 is 5.32 Å². The van der Waals surface area contributed by atoms with Crippen LogP contribution in [0.5, 0.6) is 5.75 Å². The van der Waals surface area contributed by atoms with Gasteiger partial charge in [-0.15, -0.1) is 5.11 Å². The first-order chi connectivity index (χ1) is 11.5. The van der Waals surface area contributed by atoms with Crippen molar-refractivity contribution >= 4 is 17.3 Å². The first-order valence-electron chi connectivity index (χ1n) is 7.70. The van der Waals surface area contributed by atoms with E-state index in [1.807, 2.05) is 31.2 Å². The third-order valence-electron chi connectivity index (χ3n) is 3.51. The number of amides is 1. The second kappa shape index (κ2) is 8.06. The highest BCUT2D eigenvalue weighted by atomic mass is 16.3. The van der Waals surface area contributed by atoms with Crippen LogP contribution in [-0.4, -0.2) is 17.6 Å². The molecule has 0 radical (unpaired) electrons. The van der Waals surface area contributed by atoms with E-state index in [0.29, 0.717) is 24.2 Å². The summed E-state index contributed by atoms with van der Waals surface area (Å²) in [6.07, 6.45) is 0.631. The van der Waals surface area contributed by atoms with Crippen molar-refractivity contribution in [2.45, 2.75) is 20.3 Å². The molecule has 5 nitrogen and oxygen atoms in total. The second-order valence-electron chi connectivity index (χ2n) is 5.60. The Kier molecular flexibility index (Phi) is 5.84. The lowest BCUT2D eigenvalue weighted by Crippen LogP contribution is -2.25. The quantitative estimate of drug-likeness (QED) is 0.612. The van der Waals surface area contributed by atoms with E-state index in [-0.39, 0.29) is 11.7 Å². The topological polar surface area (TPSA) is 74.0 Å². The van der Waals surface area contributed by atoms with Gasteiger partial charge in [-0.3, -0.25) is 4.79 Å². The zero-order valence-electron chi connectivity index (χ0n) is 13.9. The number of carbonyl (C=O) groups is 1. The summed E-state index contributed by atoms with van der Waals surface area (Å²) in [4.78, 5) is 11.5. The Bertz CT molecular complexity index is 782. The number of phenols is 1. The molecule has 0 fully saturated rings. The molecule has 0 bridgehead atoms. The van der Waals surface area contributed by atoms with Crippen molar-refractivity contribution in [2.24, 2.45) is 10.2 Å². The Morgan fingerprint density at radius 2 is 1.88 bits per heavy atom. The first kappa shape index (κ1) is 17.4. The first-order valence-corrected chi connectivity index (χ1v) is 7.70. The summed E-state index contributed by atoms with van der Waals surface area (Å²) >= 11 is 0. The molecule has 2 aromatic carbocycles. The zero-order valence-corrected chi connectivity index (χ0v) is 13.9. The van der Waals surface area contributed by atoms with E-state index in [9.17, 15) is 9.90 Å². The molecule has 2 aromatic rings. The summed E-state index contributed by atoms with van der Waals surface area (Å²) in [5, 5.41) is 21.0. The number of aryl methyl sites for hydroxylation is 1. The molecule has 1 amide bonds. The van der Waals surface area contributed by atoms with Crippen molar-refractivity contribution in [1.29, 1.82) is 0 Å². The molecule has 0 saturated heterocycles. The van der Waals surface area contributed by atoms with Gasteiger partial charge in [0.1, 0.15) is 11.4 Å². The maximum Gasteiger partial charge on any atom is 0.246 e. The fourth-order valence-corrected chi connectivity index (χ4v) is 2.06. The lowest BCUT2D eigenvalue weighted by Gasteiger charge is -2.06. The Hall–Kier alpha value is -2.95. The summed E-state index contributed by atoms with van der Waals surface area (Å²) in [6.45, 7) is 7.70. The molecule has 0 atom stereocenters. The molecule has 0 saturated carbocycles. The van der Waals surface area contributed by atoms with Crippen molar-refractivity contribution in [3.8, 4) is 5.75 Å². The predicted octanol–water partition coefficient (Wildman–Crippen LogP) is 4.35. The van der Waals surface area contributed by atoms with Crippen LogP contribution in [0.15, 0.2) is 64.8 Å². The molecule has 5 heteroatoms. The number of nitrogens with one attached hydrogen (secondary N) is 1. The average molecular weight is 323 g/mol. The standard InChI is InChI=1S/C19H21N3O2/c1-13(2)19(24)20-11-10-15-8-9-18(23)17(12-15)22-21-16-7-5-4-6-14(16)3/h4-9,12,23H,1,10-11H2,2-3H3,(H,20,24)/b22-21+. The van der Waals surface area contributed by atoms with Gasteiger partial charge in [0.25, 0.3) is 0 Å². The lowest BCUT2D eigenvalue weighted by atomic mass is 10.1. The van der Waals surface area contributed by atoms with Crippen molar-refractivity contribution in [3.63, 3.8) is 0 Å². The summed E-state index contributed by atoms with van der Waals surface area (Å²) in [5.74, 6) is -0.0877. The summed E-state index contributed by atoms with van der Waals surface area (Å²) < 4.78 is 0. The third kappa shape index (κ3) is 4.78. The molecule has 0 aliphatic carbocycles. The van der Waals surface area contributed by atoms with Crippen LogP contribution in [0, 0.1) is 6.92 Å². The van der Waals surface area contributed by atoms with E-state index in [2.05, 4.69) is 22.1 Å². The van der Waals surface area contributed by atoms with Gasteiger partial charge in [0.15, 0.2) is 0 Å². The van der Waals surface area contributed by atoms with Gasteiger partial charge in [-0.1, -0.05) is 30.8 Å². The largest absolute Gasteiger partial charge is 0.506 e. The molecule has 24 heavy (non-hydrogen) atoms. The van der Waals surface area contributed by atoms with E-state index in [1.165, 1.54) is 0 Å². The smallest absolute Gasteiger partial charge is 0.246 e. The molecule has 0 heterocycles. The van der Waals surface area contributed by atoms with E-state index in [0.717, 1.165) is 16.8 Å². The maximum atomic E-state index is 11.5. The molecule has 0 unspecified atom stereocenters. The Balaban J connectivity index is 2.07. The lowest BCUT2D eigenvalue weighted by molar-refractivity contribution is -0.117. The Labute approximate surface area is 141 Å². The van der Waals surface area contributed by atoms with E-state index >= 15 is 0 Å². The molecule has 2 N–H and O–H groups in total. The number of nitrogens with zero attached hydrogens (tertiary/aromatic N) is 2. The summed E-state index contributed by atoms with van der Waals surface area (Å²) in [5.41, 5.74) is 3.61. The zero-order chi connectivity index (χ0) is 17.5. The fourth-order valence-electron chi connectivity index (χ4n) is 2.06. The van der Waals surface area contributed by atoms with Gasteiger partial charge in [0.2, 0.25) is 5.91 Å². The van der Waals surface area contributed by atoms with Crippen LogP contribution in [-0.2, 0) is 11.2 Å². The highest BCUT2D eigenvalue weighted by Gasteiger charge is 2.05. The van der Waals surface area contributed by atoms with Crippen LogP contribution in [0.4, 0.5) is 11.4 Å². The highest BCUT2D eigenvalue weighted by molar-refractivity contribution is 5.92. The summed E-state index contributed by atoms with van der Waals surface area (Å²) in [7, 11) is 0. The van der Waals surface area contributed by atoms with Gasteiger partial charge in [-0.2, -0.15) is 5.11 Å². The number of azo groups is 1. The monoisotopic (exact) mass is 323 g/mol. The number of benzene rings is 2. The Morgan fingerprint density at radius 1 is 1.17 bits per heavy atom. The van der Waals surface area contributed by atoms with Gasteiger partial charge >= 0.3 is 0 Å². The van der Waals surface area contributed by atoms with E-state index in [4.69, 9.17) is 0 Å². The number of aromatic hydroxyl groups is 1. The minimum atomic E-state index is -0.159. The van der Waals surface area contributed by atoms with Crippen molar-refractivity contribution in [1.82, 2.24) is 5.32 Å². The summed E-state index contributed by atoms with van der Waals surface area (Å²) in [6, 6.07) is 12.8. The normalized spacial score (nSPS) is 10.8. The van der Waals surface area contributed by atoms with Crippen LogP contribution in [0.1, 0.15) is 18.1 Å². The molecule has 0 spiro atoms. The van der Waals surface area contributed by atoms with Crippen LogP contribution in [0.25, 0.3) is 0 Å².